The minimum atomic E-state index is -0.247. The molecule has 0 aromatic heterocycles. The monoisotopic (exact) mass is 274 g/mol. The molecule has 2 aliphatic heterocycles. The van der Waals surface area contributed by atoms with Gasteiger partial charge >= 0.3 is 0 Å². The minimum absolute atomic E-state index is 0.189. The van der Waals surface area contributed by atoms with E-state index in [1.54, 1.807) is 18.2 Å². The van der Waals surface area contributed by atoms with Gasteiger partial charge in [0.25, 0.3) is 11.8 Å². The number of carbonyl (C=O) groups excluding carboxylic acids is 2. The number of nitrogens with two attached hydrogens (primary N) is 1. The van der Waals surface area contributed by atoms with Gasteiger partial charge in [0.05, 0.1) is 11.1 Å². The summed E-state index contributed by atoms with van der Waals surface area (Å²) < 4.78 is 0. The Morgan fingerprint density at radius 1 is 1.10 bits per heavy atom. The number of benzene rings is 1. The summed E-state index contributed by atoms with van der Waals surface area (Å²) in [7, 11) is 0. The van der Waals surface area contributed by atoms with Crippen molar-refractivity contribution in [3.05, 3.63) is 29.3 Å². The summed E-state index contributed by atoms with van der Waals surface area (Å²) in [6.07, 6.45) is 0. The number of fused-ring (bicyclic) bond motifs is 1. The Hall–Kier alpha value is -1.92. The predicted octanol–water partition coefficient (Wildman–Crippen LogP) is 0.366. The highest BCUT2D eigenvalue weighted by Gasteiger charge is 2.40. The van der Waals surface area contributed by atoms with Gasteiger partial charge in [-0.15, -0.1) is 0 Å². The lowest BCUT2D eigenvalue weighted by Gasteiger charge is -2.23. The number of carbonyl (C=O) groups is 2. The molecule has 3 rings (SSSR count). The maximum Gasteiger partial charge on any atom is 0.261 e. The maximum absolute atomic E-state index is 12.4. The summed E-state index contributed by atoms with van der Waals surface area (Å²) in [6, 6.07) is 5.27. The topological polar surface area (TPSA) is 87.5 Å². The fourth-order valence-corrected chi connectivity index (χ4v) is 2.91. The zero-order valence-corrected chi connectivity index (χ0v) is 11.5. The first-order chi connectivity index (χ1) is 9.49. The van der Waals surface area contributed by atoms with Crippen molar-refractivity contribution in [3.8, 4) is 0 Å². The Labute approximate surface area is 117 Å². The molecular formula is C14H18N4O2. The van der Waals surface area contributed by atoms with Gasteiger partial charge in [-0.25, -0.2) is 0 Å². The number of imide groups is 1. The molecule has 1 fully saturated rings. The smallest absolute Gasteiger partial charge is 0.261 e. The van der Waals surface area contributed by atoms with Gasteiger partial charge in [-0.3, -0.25) is 25.3 Å². The number of hydrogen-bond acceptors (Lipinski definition) is 5. The molecule has 4 N–H and O–H groups in total. The van der Waals surface area contributed by atoms with Crippen LogP contribution in [0.1, 0.15) is 34.6 Å². The lowest BCUT2D eigenvalue weighted by atomic mass is 9.96. The van der Waals surface area contributed by atoms with Gasteiger partial charge < -0.3 is 5.73 Å². The molecule has 2 amide bonds. The molecule has 0 bridgehead atoms. The van der Waals surface area contributed by atoms with Gasteiger partial charge in [-0.05, 0) is 32.0 Å². The number of hydrogen-bond donors (Lipinski definition) is 3. The van der Waals surface area contributed by atoms with E-state index in [1.165, 1.54) is 4.90 Å². The van der Waals surface area contributed by atoms with Crippen LogP contribution in [0.15, 0.2) is 18.2 Å². The number of rotatable bonds is 2. The first-order valence-electron chi connectivity index (χ1n) is 6.76. The van der Waals surface area contributed by atoms with Crippen molar-refractivity contribution < 1.29 is 9.59 Å². The van der Waals surface area contributed by atoms with E-state index < -0.39 is 0 Å². The lowest BCUT2D eigenvalue weighted by molar-refractivity contribution is 0.0623. The van der Waals surface area contributed by atoms with E-state index in [9.17, 15) is 9.59 Å². The molecule has 2 unspecified atom stereocenters. The van der Waals surface area contributed by atoms with Crippen molar-refractivity contribution >= 4 is 17.5 Å². The molecule has 106 valence electrons. The molecule has 0 radical (unpaired) electrons. The summed E-state index contributed by atoms with van der Waals surface area (Å²) in [5.41, 5.74) is 13.3. The van der Waals surface area contributed by atoms with Crippen molar-refractivity contribution in [2.75, 3.05) is 12.3 Å². The van der Waals surface area contributed by atoms with Crippen LogP contribution >= 0.6 is 0 Å². The van der Waals surface area contributed by atoms with Crippen LogP contribution in [0.3, 0.4) is 0 Å². The van der Waals surface area contributed by atoms with E-state index in [1.807, 2.05) is 13.8 Å². The van der Waals surface area contributed by atoms with Crippen LogP contribution < -0.4 is 16.6 Å². The molecule has 0 saturated carbocycles. The van der Waals surface area contributed by atoms with Crippen LogP contribution in [0.2, 0.25) is 0 Å². The Morgan fingerprint density at radius 2 is 1.70 bits per heavy atom. The highest BCUT2D eigenvalue weighted by Crippen LogP contribution is 2.27. The molecule has 0 spiro atoms. The van der Waals surface area contributed by atoms with E-state index in [4.69, 9.17) is 5.73 Å². The van der Waals surface area contributed by atoms with E-state index in [0.717, 1.165) is 0 Å². The van der Waals surface area contributed by atoms with E-state index >= 15 is 0 Å². The van der Waals surface area contributed by atoms with Crippen LogP contribution in [0.4, 0.5) is 5.69 Å². The molecule has 2 aliphatic rings. The van der Waals surface area contributed by atoms with E-state index in [2.05, 4.69) is 10.9 Å². The largest absolute Gasteiger partial charge is 0.399 e. The van der Waals surface area contributed by atoms with Crippen molar-refractivity contribution in [2.45, 2.75) is 25.9 Å². The van der Waals surface area contributed by atoms with Crippen molar-refractivity contribution in [2.24, 2.45) is 5.92 Å². The second-order valence-corrected chi connectivity index (χ2v) is 5.56. The third-order valence-corrected chi connectivity index (χ3v) is 4.21. The fraction of sp³-hybridized carbons (Fsp3) is 0.429. The molecule has 20 heavy (non-hydrogen) atoms. The summed E-state index contributed by atoms with van der Waals surface area (Å²) in [6.45, 7) is 4.49. The summed E-state index contributed by atoms with van der Waals surface area (Å²) in [5, 5.41) is 0. The Kier molecular flexibility index (Phi) is 2.99. The Bertz CT molecular complexity index is 577. The van der Waals surface area contributed by atoms with Crippen molar-refractivity contribution in [1.82, 2.24) is 15.8 Å². The molecule has 6 nitrogen and oxygen atoms in total. The number of hydrazine groups is 1. The van der Waals surface area contributed by atoms with Gasteiger partial charge in [0, 0.05) is 30.2 Å². The first-order valence-corrected chi connectivity index (χ1v) is 6.76. The average Bonchev–Trinajstić information content (AvgIpc) is 2.84. The number of nitrogens with zero attached hydrogens (tertiary/aromatic N) is 1. The maximum atomic E-state index is 12.4. The summed E-state index contributed by atoms with van der Waals surface area (Å²) in [4.78, 5) is 26.0. The van der Waals surface area contributed by atoms with E-state index in [-0.39, 0.29) is 29.8 Å². The molecule has 1 aromatic rings. The zero-order chi connectivity index (χ0) is 14.4. The van der Waals surface area contributed by atoms with Crippen LogP contribution in [0.25, 0.3) is 0 Å². The Balaban J connectivity index is 1.86. The number of anilines is 1. The third kappa shape index (κ3) is 1.88. The Morgan fingerprint density at radius 3 is 2.35 bits per heavy atom. The predicted molar refractivity (Wildman–Crippen MR) is 74.9 cm³/mol. The first kappa shape index (κ1) is 13.1. The zero-order valence-electron chi connectivity index (χ0n) is 11.5. The molecule has 1 aromatic carbocycles. The van der Waals surface area contributed by atoms with Crippen molar-refractivity contribution in [3.63, 3.8) is 0 Å². The minimum Gasteiger partial charge on any atom is -0.399 e. The van der Waals surface area contributed by atoms with Crippen LogP contribution in [0, 0.1) is 5.92 Å². The molecule has 2 heterocycles. The van der Waals surface area contributed by atoms with Crippen molar-refractivity contribution in [1.29, 1.82) is 0 Å². The van der Waals surface area contributed by atoms with Crippen LogP contribution in [-0.4, -0.2) is 35.3 Å². The number of nitrogens with one attached hydrogen (secondary N) is 2. The SMILES string of the molecule is CC1NNC(C)C1CN1C(=O)c2ccc(N)cc2C1=O. The van der Waals surface area contributed by atoms with Gasteiger partial charge in [0.1, 0.15) is 0 Å². The molecular weight excluding hydrogens is 256 g/mol. The van der Waals surface area contributed by atoms with Crippen LogP contribution in [0.5, 0.6) is 0 Å². The summed E-state index contributed by atoms with van der Waals surface area (Å²) >= 11 is 0. The quantitative estimate of drug-likeness (QED) is 0.535. The average molecular weight is 274 g/mol. The number of nitrogen functional groups attached to an aromatic ring is 1. The highest BCUT2D eigenvalue weighted by atomic mass is 16.2. The second-order valence-electron chi connectivity index (χ2n) is 5.56. The molecule has 6 heteroatoms. The van der Waals surface area contributed by atoms with Gasteiger partial charge in [-0.2, -0.15) is 0 Å². The normalized spacial score (nSPS) is 29.1. The van der Waals surface area contributed by atoms with E-state index in [0.29, 0.717) is 23.4 Å². The number of amides is 2. The van der Waals surface area contributed by atoms with Gasteiger partial charge in [-0.1, -0.05) is 0 Å². The van der Waals surface area contributed by atoms with Gasteiger partial charge in [0.15, 0.2) is 0 Å². The van der Waals surface area contributed by atoms with Crippen LogP contribution in [-0.2, 0) is 0 Å². The summed E-state index contributed by atoms with van der Waals surface area (Å²) in [5.74, 6) is -0.283. The fourth-order valence-electron chi connectivity index (χ4n) is 2.91. The molecule has 1 saturated heterocycles. The standard InChI is InChI=1S/C14H18N4O2/c1-7-12(8(2)17-16-7)6-18-13(19)10-4-3-9(15)5-11(10)14(18)20/h3-5,7-8,12,16-17H,6,15H2,1-2H3. The van der Waals surface area contributed by atoms with Gasteiger partial charge in [0.2, 0.25) is 0 Å². The molecule has 0 aliphatic carbocycles. The third-order valence-electron chi connectivity index (χ3n) is 4.21. The highest BCUT2D eigenvalue weighted by molar-refractivity contribution is 6.21. The molecule has 2 atom stereocenters. The second kappa shape index (κ2) is 4.57. The lowest BCUT2D eigenvalue weighted by Crippen LogP contribution is -2.40.